The molecular formula is C15H18INO3S2. The summed E-state index contributed by atoms with van der Waals surface area (Å²) in [5.41, 5.74) is -0.532. The molecule has 1 unspecified atom stereocenters. The number of halogens is 1. The van der Waals surface area contributed by atoms with Gasteiger partial charge in [-0.1, -0.05) is 20.8 Å². The first-order valence-electron chi connectivity index (χ1n) is 6.66. The van der Waals surface area contributed by atoms with Gasteiger partial charge in [-0.3, -0.25) is 4.98 Å². The molecule has 4 nitrogen and oxygen atoms in total. The summed E-state index contributed by atoms with van der Waals surface area (Å²) in [6.45, 7) is 5.49. The number of benzene rings is 1. The number of hydrogen-bond donors (Lipinski definition) is 1. The highest BCUT2D eigenvalue weighted by molar-refractivity contribution is 14.1. The van der Waals surface area contributed by atoms with Crippen molar-refractivity contribution in [1.29, 1.82) is 0 Å². The van der Waals surface area contributed by atoms with Crippen molar-refractivity contribution in [3.05, 3.63) is 44.4 Å². The first kappa shape index (κ1) is 17.8. The van der Waals surface area contributed by atoms with Crippen LogP contribution in [-0.2, 0) is 15.4 Å². The molecule has 22 heavy (non-hydrogen) atoms. The fourth-order valence-electron chi connectivity index (χ4n) is 2.08. The second-order valence-corrected chi connectivity index (χ2v) is 10.3. The first-order valence-corrected chi connectivity index (χ1v) is 10.3. The maximum Gasteiger partial charge on any atom is 0.181 e. The van der Waals surface area contributed by atoms with Gasteiger partial charge in [-0.2, -0.15) is 0 Å². The van der Waals surface area contributed by atoms with E-state index in [-0.39, 0.29) is 10.6 Å². The molecule has 0 bridgehead atoms. The number of sulfone groups is 1. The predicted molar refractivity (Wildman–Crippen MR) is 96.7 cm³/mol. The van der Waals surface area contributed by atoms with Gasteiger partial charge in [-0.25, -0.2) is 8.42 Å². The molecule has 1 aromatic carbocycles. The zero-order valence-corrected chi connectivity index (χ0v) is 16.4. The van der Waals surface area contributed by atoms with Gasteiger partial charge in [0.2, 0.25) is 0 Å². The maximum absolute atomic E-state index is 12.7. The van der Waals surface area contributed by atoms with E-state index < -0.39 is 20.9 Å². The summed E-state index contributed by atoms with van der Waals surface area (Å²) in [7, 11) is -3.62. The van der Waals surface area contributed by atoms with Crippen molar-refractivity contribution in [2.24, 2.45) is 5.41 Å². The summed E-state index contributed by atoms with van der Waals surface area (Å²) >= 11 is 3.39. The van der Waals surface area contributed by atoms with Crippen LogP contribution in [0.15, 0.2) is 40.9 Å². The average molecular weight is 451 g/mol. The van der Waals surface area contributed by atoms with Gasteiger partial charge in [-0.05, 0) is 52.3 Å². The van der Waals surface area contributed by atoms with Gasteiger partial charge < -0.3 is 5.11 Å². The number of nitrogens with zero attached hydrogens (tertiary/aromatic N) is 1. The van der Waals surface area contributed by atoms with Gasteiger partial charge in [0, 0.05) is 9.77 Å². The second kappa shape index (κ2) is 6.18. The molecule has 1 N–H and O–H groups in total. The lowest BCUT2D eigenvalue weighted by Crippen LogP contribution is -2.45. The molecule has 0 saturated heterocycles. The lowest BCUT2D eigenvalue weighted by atomic mass is 9.77. The largest absolute Gasteiger partial charge is 0.383 e. The Bertz CT molecular complexity index is 734. The number of rotatable bonds is 4. The standard InChI is InChI=1S/C15H18INO3S2/c1-14(2,3)15(18,13-8-17-10-21-13)9-22(19,20)12-6-4-11(16)5-7-12/h4-8,10,18H,9H2,1-3H3. The first-order chi connectivity index (χ1) is 10.1. The Kier molecular flexibility index (Phi) is 5.01. The fourth-order valence-corrected chi connectivity index (χ4v) is 5.31. The Balaban J connectivity index is 2.46. The molecule has 1 heterocycles. The van der Waals surface area contributed by atoms with Gasteiger partial charge in [-0.15, -0.1) is 11.3 Å². The lowest BCUT2D eigenvalue weighted by Gasteiger charge is -2.39. The molecule has 0 spiro atoms. The highest BCUT2D eigenvalue weighted by Gasteiger charge is 2.46. The van der Waals surface area contributed by atoms with Crippen molar-refractivity contribution in [1.82, 2.24) is 4.98 Å². The third-order valence-electron chi connectivity index (χ3n) is 3.65. The third-order valence-corrected chi connectivity index (χ3v) is 7.08. The summed E-state index contributed by atoms with van der Waals surface area (Å²) in [4.78, 5) is 4.77. The number of thiazole rings is 1. The van der Waals surface area contributed by atoms with Gasteiger partial charge >= 0.3 is 0 Å². The molecule has 0 radical (unpaired) electrons. The zero-order valence-electron chi connectivity index (χ0n) is 12.6. The lowest BCUT2D eigenvalue weighted by molar-refractivity contribution is -0.0406. The molecule has 2 rings (SSSR count). The van der Waals surface area contributed by atoms with E-state index in [0.717, 1.165) is 3.57 Å². The number of hydrogen-bond acceptors (Lipinski definition) is 5. The molecule has 0 amide bonds. The van der Waals surface area contributed by atoms with Crippen molar-refractivity contribution >= 4 is 43.8 Å². The Morgan fingerprint density at radius 3 is 2.27 bits per heavy atom. The van der Waals surface area contributed by atoms with Crippen molar-refractivity contribution in [2.45, 2.75) is 31.3 Å². The normalized spacial score (nSPS) is 15.5. The molecule has 1 atom stereocenters. The summed E-state index contributed by atoms with van der Waals surface area (Å²) in [6.07, 6.45) is 1.54. The van der Waals surface area contributed by atoms with Crippen LogP contribution in [0.4, 0.5) is 0 Å². The van der Waals surface area contributed by atoms with Gasteiger partial charge in [0.25, 0.3) is 0 Å². The quantitative estimate of drug-likeness (QED) is 0.724. The van der Waals surface area contributed by atoms with Crippen LogP contribution in [0, 0.1) is 8.99 Å². The van der Waals surface area contributed by atoms with Crippen LogP contribution in [0.25, 0.3) is 0 Å². The third kappa shape index (κ3) is 3.52. The molecule has 0 saturated carbocycles. The van der Waals surface area contributed by atoms with E-state index in [4.69, 9.17) is 0 Å². The molecule has 120 valence electrons. The van der Waals surface area contributed by atoms with Crippen LogP contribution in [-0.4, -0.2) is 24.3 Å². The van der Waals surface area contributed by atoms with E-state index in [1.165, 1.54) is 11.3 Å². The molecular weight excluding hydrogens is 433 g/mol. The Hall–Kier alpha value is -0.510. The summed E-state index contributed by atoms with van der Waals surface area (Å²) < 4.78 is 26.4. The topological polar surface area (TPSA) is 67.3 Å². The fraction of sp³-hybridized carbons (Fsp3) is 0.400. The number of aromatic nitrogens is 1. The SMILES string of the molecule is CC(C)(C)C(O)(CS(=O)(=O)c1ccc(I)cc1)c1cncs1. The smallest absolute Gasteiger partial charge is 0.181 e. The minimum absolute atomic E-state index is 0.222. The molecule has 0 aliphatic carbocycles. The minimum Gasteiger partial charge on any atom is -0.383 e. The van der Waals surface area contributed by atoms with Crippen LogP contribution in [0.1, 0.15) is 25.6 Å². The van der Waals surface area contributed by atoms with Crippen LogP contribution < -0.4 is 0 Å². The number of aliphatic hydroxyl groups is 1. The maximum atomic E-state index is 12.7. The van der Waals surface area contributed by atoms with Gasteiger partial charge in [0.15, 0.2) is 9.84 Å². The Labute approximate surface area is 148 Å². The molecule has 0 fully saturated rings. The van der Waals surface area contributed by atoms with E-state index in [1.807, 2.05) is 20.8 Å². The predicted octanol–water partition coefficient (Wildman–Crippen LogP) is 3.46. The van der Waals surface area contributed by atoms with Crippen LogP contribution in [0.5, 0.6) is 0 Å². The molecule has 7 heteroatoms. The molecule has 0 aliphatic heterocycles. The average Bonchev–Trinajstić information content (AvgIpc) is 2.91. The molecule has 1 aromatic heterocycles. The van der Waals surface area contributed by atoms with E-state index in [0.29, 0.717) is 4.88 Å². The monoisotopic (exact) mass is 451 g/mol. The second-order valence-electron chi connectivity index (χ2n) is 6.19. The van der Waals surface area contributed by atoms with E-state index in [1.54, 1.807) is 36.0 Å². The summed E-state index contributed by atoms with van der Waals surface area (Å²) in [5.74, 6) is -0.369. The van der Waals surface area contributed by atoms with Crippen LogP contribution in [0.2, 0.25) is 0 Å². The summed E-state index contributed by atoms with van der Waals surface area (Å²) in [5, 5.41) is 11.1. The Morgan fingerprint density at radius 2 is 1.82 bits per heavy atom. The molecule has 0 aliphatic rings. The van der Waals surface area contributed by atoms with E-state index in [2.05, 4.69) is 27.6 Å². The van der Waals surface area contributed by atoms with Crippen molar-refractivity contribution in [3.63, 3.8) is 0 Å². The Morgan fingerprint density at radius 1 is 1.23 bits per heavy atom. The molecule has 2 aromatic rings. The van der Waals surface area contributed by atoms with Crippen LogP contribution >= 0.6 is 33.9 Å². The highest BCUT2D eigenvalue weighted by atomic mass is 127. The zero-order chi connectivity index (χ0) is 16.6. The van der Waals surface area contributed by atoms with Gasteiger partial charge in [0.05, 0.1) is 21.0 Å². The minimum atomic E-state index is -3.62. The summed E-state index contributed by atoms with van der Waals surface area (Å²) in [6, 6.07) is 6.65. The van der Waals surface area contributed by atoms with Crippen LogP contribution in [0.3, 0.4) is 0 Å². The van der Waals surface area contributed by atoms with Crippen molar-refractivity contribution in [3.8, 4) is 0 Å². The van der Waals surface area contributed by atoms with Crippen molar-refractivity contribution < 1.29 is 13.5 Å². The highest BCUT2D eigenvalue weighted by Crippen LogP contribution is 2.42. The van der Waals surface area contributed by atoms with E-state index >= 15 is 0 Å². The van der Waals surface area contributed by atoms with E-state index in [9.17, 15) is 13.5 Å². The van der Waals surface area contributed by atoms with Gasteiger partial charge in [0.1, 0.15) is 5.60 Å². The van der Waals surface area contributed by atoms with Crippen molar-refractivity contribution in [2.75, 3.05) is 5.75 Å².